The molecule has 0 saturated carbocycles. The van der Waals surface area contributed by atoms with E-state index in [9.17, 15) is 9.90 Å². The van der Waals surface area contributed by atoms with Crippen molar-refractivity contribution in [2.75, 3.05) is 10.6 Å². The molecule has 3 rings (SSSR count). The number of aromatic nitrogens is 2. The second-order valence-electron chi connectivity index (χ2n) is 5.24. The van der Waals surface area contributed by atoms with Gasteiger partial charge < -0.3 is 15.7 Å². The number of nitrogens with zero attached hydrogens (tertiary/aromatic N) is 2. The van der Waals surface area contributed by atoms with Gasteiger partial charge in [-0.1, -0.05) is 24.3 Å². The lowest BCUT2D eigenvalue weighted by Crippen LogP contribution is -2.04. The molecule has 24 heavy (non-hydrogen) atoms. The molecule has 6 nitrogen and oxygen atoms in total. The maximum absolute atomic E-state index is 11.3. The zero-order valence-electron chi connectivity index (χ0n) is 13.0. The van der Waals surface area contributed by atoms with Crippen LogP contribution in [-0.2, 0) is 0 Å². The Bertz CT molecular complexity index is 880. The zero-order chi connectivity index (χ0) is 16.9. The van der Waals surface area contributed by atoms with Crippen molar-refractivity contribution in [3.05, 3.63) is 71.9 Å². The van der Waals surface area contributed by atoms with E-state index in [2.05, 4.69) is 20.6 Å². The molecule has 0 aliphatic rings. The molecule has 0 aliphatic carbocycles. The summed E-state index contributed by atoms with van der Waals surface area (Å²) >= 11 is 0. The number of benzene rings is 2. The minimum absolute atomic E-state index is 0.185. The summed E-state index contributed by atoms with van der Waals surface area (Å²) in [7, 11) is 0. The van der Waals surface area contributed by atoms with E-state index in [0.717, 1.165) is 11.3 Å². The lowest BCUT2D eigenvalue weighted by atomic mass is 10.2. The SMILES string of the molecule is Cc1cccc(Nc2nccc(Nc3ccccc3C(=O)O)n2)c1. The molecule has 1 heterocycles. The third kappa shape index (κ3) is 3.67. The first-order chi connectivity index (χ1) is 11.6. The minimum Gasteiger partial charge on any atom is -0.478 e. The van der Waals surface area contributed by atoms with Gasteiger partial charge in [0.25, 0.3) is 0 Å². The quantitative estimate of drug-likeness (QED) is 0.659. The maximum atomic E-state index is 11.3. The van der Waals surface area contributed by atoms with Crippen LogP contribution in [0.15, 0.2) is 60.8 Å². The van der Waals surface area contributed by atoms with E-state index in [0.29, 0.717) is 17.5 Å². The monoisotopic (exact) mass is 320 g/mol. The molecule has 1 aromatic heterocycles. The average molecular weight is 320 g/mol. The van der Waals surface area contributed by atoms with Gasteiger partial charge in [0.05, 0.1) is 11.3 Å². The molecule has 2 aromatic carbocycles. The molecule has 0 aliphatic heterocycles. The Morgan fingerprint density at radius 3 is 2.67 bits per heavy atom. The summed E-state index contributed by atoms with van der Waals surface area (Å²) in [5, 5.41) is 15.4. The molecule has 3 N–H and O–H groups in total. The summed E-state index contributed by atoms with van der Waals surface area (Å²) in [5.74, 6) is -0.0578. The molecule has 0 amide bonds. The van der Waals surface area contributed by atoms with Crippen molar-refractivity contribution in [3.8, 4) is 0 Å². The number of rotatable bonds is 5. The van der Waals surface area contributed by atoms with Gasteiger partial charge in [-0.15, -0.1) is 0 Å². The topological polar surface area (TPSA) is 87.1 Å². The molecule has 3 aromatic rings. The van der Waals surface area contributed by atoms with Gasteiger partial charge in [-0.3, -0.25) is 0 Å². The molecule has 0 unspecified atom stereocenters. The van der Waals surface area contributed by atoms with Crippen LogP contribution in [0.2, 0.25) is 0 Å². The number of anilines is 4. The Morgan fingerprint density at radius 1 is 1.04 bits per heavy atom. The summed E-state index contributed by atoms with van der Waals surface area (Å²) in [6.07, 6.45) is 1.61. The van der Waals surface area contributed by atoms with E-state index < -0.39 is 5.97 Å². The first-order valence-electron chi connectivity index (χ1n) is 7.38. The van der Waals surface area contributed by atoms with Gasteiger partial charge in [0.2, 0.25) is 5.95 Å². The number of carboxylic acids is 1. The molecule has 6 heteroatoms. The Hall–Kier alpha value is -3.41. The van der Waals surface area contributed by atoms with E-state index in [4.69, 9.17) is 0 Å². The van der Waals surface area contributed by atoms with Crippen molar-refractivity contribution in [2.45, 2.75) is 6.92 Å². The Morgan fingerprint density at radius 2 is 1.88 bits per heavy atom. The van der Waals surface area contributed by atoms with E-state index >= 15 is 0 Å². The van der Waals surface area contributed by atoms with Crippen molar-refractivity contribution in [3.63, 3.8) is 0 Å². The van der Waals surface area contributed by atoms with Crippen LogP contribution in [0.1, 0.15) is 15.9 Å². The van der Waals surface area contributed by atoms with Crippen LogP contribution in [0, 0.1) is 6.92 Å². The van der Waals surface area contributed by atoms with Crippen molar-refractivity contribution in [2.24, 2.45) is 0 Å². The summed E-state index contributed by atoms with van der Waals surface area (Å²) in [4.78, 5) is 19.8. The second kappa shape index (κ2) is 6.78. The van der Waals surface area contributed by atoms with Crippen LogP contribution in [0.5, 0.6) is 0 Å². The highest BCUT2D eigenvalue weighted by Gasteiger charge is 2.10. The molecule has 0 radical (unpaired) electrons. The van der Waals surface area contributed by atoms with Crippen LogP contribution in [-0.4, -0.2) is 21.0 Å². The largest absolute Gasteiger partial charge is 0.478 e. The fourth-order valence-electron chi connectivity index (χ4n) is 2.26. The lowest BCUT2D eigenvalue weighted by molar-refractivity contribution is 0.0698. The smallest absolute Gasteiger partial charge is 0.337 e. The molecule has 0 bridgehead atoms. The highest BCUT2D eigenvalue weighted by molar-refractivity contribution is 5.95. The third-order valence-corrected chi connectivity index (χ3v) is 3.35. The normalized spacial score (nSPS) is 10.2. The number of carbonyl (C=O) groups is 1. The molecule has 0 spiro atoms. The van der Waals surface area contributed by atoms with Crippen LogP contribution in [0.4, 0.5) is 23.1 Å². The Kier molecular flexibility index (Phi) is 4.38. The number of para-hydroxylation sites is 1. The number of nitrogens with one attached hydrogen (secondary N) is 2. The standard InChI is InChI=1S/C18H16N4O2/c1-12-5-4-6-13(11-12)20-18-19-10-9-16(22-18)21-15-8-3-2-7-14(15)17(23)24/h2-11H,1H3,(H,23,24)(H2,19,20,21,22). The Labute approximate surface area is 139 Å². The fraction of sp³-hybridized carbons (Fsp3) is 0.0556. The van der Waals surface area contributed by atoms with E-state index in [-0.39, 0.29) is 5.56 Å². The first kappa shape index (κ1) is 15.5. The van der Waals surface area contributed by atoms with Crippen LogP contribution < -0.4 is 10.6 Å². The van der Waals surface area contributed by atoms with Crippen LogP contribution in [0.25, 0.3) is 0 Å². The van der Waals surface area contributed by atoms with Gasteiger partial charge in [-0.2, -0.15) is 4.98 Å². The van der Waals surface area contributed by atoms with Crippen LogP contribution >= 0.6 is 0 Å². The van der Waals surface area contributed by atoms with Gasteiger partial charge in [0.1, 0.15) is 5.82 Å². The summed E-state index contributed by atoms with van der Waals surface area (Å²) < 4.78 is 0. The fourth-order valence-corrected chi connectivity index (χ4v) is 2.26. The summed E-state index contributed by atoms with van der Waals surface area (Å²) in [5.41, 5.74) is 2.68. The minimum atomic E-state index is -0.995. The predicted molar refractivity (Wildman–Crippen MR) is 93.2 cm³/mol. The third-order valence-electron chi connectivity index (χ3n) is 3.35. The first-order valence-corrected chi connectivity index (χ1v) is 7.38. The highest BCUT2D eigenvalue weighted by atomic mass is 16.4. The van der Waals surface area contributed by atoms with Crippen molar-refractivity contribution in [1.29, 1.82) is 0 Å². The predicted octanol–water partition coefficient (Wildman–Crippen LogP) is 3.97. The number of carboxylic acid groups (broad SMARTS) is 1. The van der Waals surface area contributed by atoms with Crippen molar-refractivity contribution < 1.29 is 9.90 Å². The Balaban J connectivity index is 1.82. The highest BCUT2D eigenvalue weighted by Crippen LogP contribution is 2.21. The van der Waals surface area contributed by atoms with Gasteiger partial charge in [0, 0.05) is 11.9 Å². The average Bonchev–Trinajstić information content (AvgIpc) is 2.55. The molecular weight excluding hydrogens is 304 g/mol. The van der Waals surface area contributed by atoms with E-state index in [1.165, 1.54) is 6.07 Å². The van der Waals surface area contributed by atoms with Gasteiger partial charge >= 0.3 is 5.97 Å². The molecule has 0 atom stereocenters. The van der Waals surface area contributed by atoms with Crippen molar-refractivity contribution >= 4 is 29.1 Å². The van der Waals surface area contributed by atoms with Gasteiger partial charge in [-0.05, 0) is 42.8 Å². The number of hydrogen-bond donors (Lipinski definition) is 3. The van der Waals surface area contributed by atoms with E-state index in [1.54, 1.807) is 30.5 Å². The van der Waals surface area contributed by atoms with E-state index in [1.807, 2.05) is 31.2 Å². The zero-order valence-corrected chi connectivity index (χ0v) is 13.0. The molecular formula is C18H16N4O2. The number of hydrogen-bond acceptors (Lipinski definition) is 5. The maximum Gasteiger partial charge on any atom is 0.337 e. The summed E-state index contributed by atoms with van der Waals surface area (Å²) in [6.45, 7) is 2.01. The molecule has 0 saturated heterocycles. The van der Waals surface area contributed by atoms with Gasteiger partial charge in [0.15, 0.2) is 0 Å². The number of aromatic carboxylic acids is 1. The number of aryl methyl sites for hydroxylation is 1. The van der Waals surface area contributed by atoms with Crippen molar-refractivity contribution in [1.82, 2.24) is 9.97 Å². The van der Waals surface area contributed by atoms with Crippen LogP contribution in [0.3, 0.4) is 0 Å². The second-order valence-corrected chi connectivity index (χ2v) is 5.24. The van der Waals surface area contributed by atoms with Gasteiger partial charge in [-0.25, -0.2) is 9.78 Å². The molecule has 0 fully saturated rings. The molecule has 120 valence electrons. The summed E-state index contributed by atoms with van der Waals surface area (Å²) in [6, 6.07) is 16.2. The lowest BCUT2D eigenvalue weighted by Gasteiger charge is -2.10.